The second-order valence-corrected chi connectivity index (χ2v) is 6.21. The Labute approximate surface area is 159 Å². The lowest BCUT2D eigenvalue weighted by molar-refractivity contribution is 0.628. The summed E-state index contributed by atoms with van der Waals surface area (Å²) in [6, 6.07) is 7.84. The molecule has 4 rings (SSSR count). The molecule has 0 aliphatic heterocycles. The van der Waals surface area contributed by atoms with Crippen LogP contribution in [0.4, 0.5) is 16.0 Å². The minimum absolute atomic E-state index is 0.0920. The molecule has 0 saturated carbocycles. The van der Waals surface area contributed by atoms with E-state index in [2.05, 4.69) is 25.4 Å². The molecule has 4 aromatic rings. The lowest BCUT2D eigenvalue weighted by atomic mass is 10.2. The van der Waals surface area contributed by atoms with Crippen LogP contribution in [0.3, 0.4) is 0 Å². The van der Waals surface area contributed by atoms with Gasteiger partial charge in [-0.3, -0.25) is 9.25 Å². The molecule has 9 nitrogen and oxygen atoms in total. The number of nitrogen functional groups attached to an aromatic ring is 1. The molecule has 3 heterocycles. The minimum atomic E-state index is -0.383. The third kappa shape index (κ3) is 2.79. The first-order valence-electron chi connectivity index (χ1n) is 8.43. The van der Waals surface area contributed by atoms with Gasteiger partial charge in [0.25, 0.3) is 0 Å². The highest BCUT2D eigenvalue weighted by atomic mass is 19.1. The average Bonchev–Trinajstić information content (AvgIpc) is 3.24. The van der Waals surface area contributed by atoms with Gasteiger partial charge >= 0.3 is 0 Å². The number of halogens is 1. The summed E-state index contributed by atoms with van der Waals surface area (Å²) in [5.41, 5.74) is 7.16. The quantitative estimate of drug-likeness (QED) is 0.559. The zero-order valence-electron chi connectivity index (χ0n) is 15.1. The third-order valence-electron chi connectivity index (χ3n) is 4.40. The van der Waals surface area contributed by atoms with Crippen LogP contribution in [0, 0.1) is 17.1 Å². The van der Waals surface area contributed by atoms with Gasteiger partial charge in [0.05, 0.1) is 23.3 Å². The number of fused-ring (bicyclic) bond motifs is 1. The van der Waals surface area contributed by atoms with Crippen LogP contribution in [-0.4, -0.2) is 29.3 Å². The fourth-order valence-corrected chi connectivity index (χ4v) is 3.07. The van der Waals surface area contributed by atoms with Gasteiger partial charge in [-0.25, -0.2) is 19.3 Å². The van der Waals surface area contributed by atoms with E-state index in [0.717, 1.165) is 5.82 Å². The minimum Gasteiger partial charge on any atom is -0.382 e. The molecule has 0 saturated heterocycles. The predicted molar refractivity (Wildman–Crippen MR) is 101 cm³/mol. The number of aromatic nitrogens is 6. The average molecular weight is 377 g/mol. The first-order chi connectivity index (χ1) is 13.5. The Morgan fingerprint density at radius 1 is 1.29 bits per heavy atom. The van der Waals surface area contributed by atoms with Crippen LogP contribution in [0.1, 0.15) is 24.4 Å². The lowest BCUT2D eigenvalue weighted by Gasteiger charge is -2.17. The molecule has 1 aromatic carbocycles. The zero-order valence-corrected chi connectivity index (χ0v) is 15.1. The highest BCUT2D eigenvalue weighted by Crippen LogP contribution is 2.28. The number of anilines is 2. The van der Waals surface area contributed by atoms with Crippen molar-refractivity contribution in [3.8, 4) is 11.9 Å². The first-order valence-corrected chi connectivity index (χ1v) is 8.43. The van der Waals surface area contributed by atoms with E-state index in [1.54, 1.807) is 24.0 Å². The molecule has 3 N–H and O–H groups in total. The van der Waals surface area contributed by atoms with Crippen LogP contribution >= 0.6 is 0 Å². The summed E-state index contributed by atoms with van der Waals surface area (Å²) in [6.07, 6.45) is 2.94. The molecule has 0 aliphatic rings. The molecule has 0 spiro atoms. The van der Waals surface area contributed by atoms with Gasteiger partial charge in [-0.05, 0) is 19.1 Å². The van der Waals surface area contributed by atoms with Crippen LogP contribution < -0.4 is 11.1 Å². The zero-order chi connectivity index (χ0) is 19.8. The van der Waals surface area contributed by atoms with Gasteiger partial charge in [0.1, 0.15) is 47.1 Å². The lowest BCUT2D eigenvalue weighted by Crippen LogP contribution is -2.16. The van der Waals surface area contributed by atoms with Crippen LogP contribution in [0.2, 0.25) is 0 Å². The van der Waals surface area contributed by atoms with Crippen LogP contribution in [0.5, 0.6) is 0 Å². The molecular weight excluding hydrogens is 361 g/mol. The van der Waals surface area contributed by atoms with Crippen molar-refractivity contribution >= 4 is 22.7 Å². The molecule has 28 heavy (non-hydrogen) atoms. The molecule has 0 unspecified atom stereocenters. The second kappa shape index (κ2) is 6.62. The maximum atomic E-state index is 13.9. The predicted octanol–water partition coefficient (Wildman–Crippen LogP) is 2.32. The van der Waals surface area contributed by atoms with Crippen molar-refractivity contribution < 1.29 is 4.39 Å². The summed E-state index contributed by atoms with van der Waals surface area (Å²) < 4.78 is 17.4. The highest BCUT2D eigenvalue weighted by molar-refractivity contribution is 5.78. The van der Waals surface area contributed by atoms with Crippen LogP contribution in [0.25, 0.3) is 16.9 Å². The number of nitrogens with zero attached hydrogens (tertiary/aromatic N) is 7. The van der Waals surface area contributed by atoms with Crippen molar-refractivity contribution in [2.75, 3.05) is 11.1 Å². The smallest absolute Gasteiger partial charge is 0.150 e. The third-order valence-corrected chi connectivity index (χ3v) is 4.40. The van der Waals surface area contributed by atoms with Crippen molar-refractivity contribution in [3.05, 3.63) is 54.0 Å². The van der Waals surface area contributed by atoms with Crippen LogP contribution in [0.15, 0.2) is 36.8 Å². The fourth-order valence-electron chi connectivity index (χ4n) is 3.07. The van der Waals surface area contributed by atoms with E-state index in [1.807, 2.05) is 23.6 Å². The Kier molecular flexibility index (Phi) is 4.12. The summed E-state index contributed by atoms with van der Waals surface area (Å²) in [7, 11) is 1.79. The summed E-state index contributed by atoms with van der Waals surface area (Å²) >= 11 is 0. The monoisotopic (exact) mass is 377 g/mol. The first kappa shape index (κ1) is 17.4. The van der Waals surface area contributed by atoms with Crippen molar-refractivity contribution in [1.82, 2.24) is 29.3 Å². The van der Waals surface area contributed by atoms with Crippen molar-refractivity contribution in [3.63, 3.8) is 0 Å². The van der Waals surface area contributed by atoms with Gasteiger partial charge in [0.15, 0.2) is 0 Å². The van der Waals surface area contributed by atoms with Gasteiger partial charge in [-0.2, -0.15) is 10.4 Å². The number of nitriles is 1. The fraction of sp³-hybridized carbons (Fsp3) is 0.167. The van der Waals surface area contributed by atoms with Crippen molar-refractivity contribution in [2.45, 2.75) is 13.0 Å². The second-order valence-electron chi connectivity index (χ2n) is 6.21. The topological polar surface area (TPSA) is 123 Å². The van der Waals surface area contributed by atoms with E-state index in [-0.39, 0.29) is 23.2 Å². The molecule has 0 amide bonds. The van der Waals surface area contributed by atoms with E-state index in [0.29, 0.717) is 22.7 Å². The number of rotatable bonds is 4. The van der Waals surface area contributed by atoms with Gasteiger partial charge < -0.3 is 11.1 Å². The van der Waals surface area contributed by atoms with Crippen molar-refractivity contribution in [1.29, 1.82) is 5.26 Å². The highest BCUT2D eigenvalue weighted by Gasteiger charge is 2.21. The van der Waals surface area contributed by atoms with Crippen LogP contribution in [-0.2, 0) is 7.05 Å². The van der Waals surface area contributed by atoms with E-state index < -0.39 is 0 Å². The summed E-state index contributed by atoms with van der Waals surface area (Å²) in [4.78, 5) is 12.6. The molecule has 3 aromatic heterocycles. The van der Waals surface area contributed by atoms with E-state index >= 15 is 0 Å². The number of nitrogens with two attached hydrogens (primary N) is 1. The number of hydrogen-bond donors (Lipinski definition) is 2. The largest absolute Gasteiger partial charge is 0.382 e. The van der Waals surface area contributed by atoms with E-state index in [4.69, 9.17) is 5.73 Å². The SMILES string of the molecule is C[C@H](Nc1ncnc(N)c1C#N)c1nc2ccc(F)cc2n1-c1ccnn1C. The van der Waals surface area contributed by atoms with Gasteiger partial charge in [-0.15, -0.1) is 0 Å². The Hall–Kier alpha value is -4.00. The standard InChI is InChI=1S/C18H16FN9/c1-10(25-17-12(8-20)16(21)22-9-23-17)18-26-13-4-3-11(19)7-14(13)28(18)15-5-6-24-27(15)2/h3-7,9-10H,1-2H3,(H3,21,22,23,25)/t10-/m0/s1. The number of hydrogen-bond acceptors (Lipinski definition) is 7. The Morgan fingerprint density at radius 2 is 2.11 bits per heavy atom. The molecule has 0 fully saturated rings. The van der Waals surface area contributed by atoms with Gasteiger partial charge in [0.2, 0.25) is 0 Å². The molecule has 140 valence electrons. The summed E-state index contributed by atoms with van der Waals surface area (Å²) in [6.45, 7) is 1.86. The Bertz CT molecular complexity index is 1220. The number of aryl methyl sites for hydroxylation is 1. The molecule has 1 atom stereocenters. The maximum Gasteiger partial charge on any atom is 0.150 e. The number of benzene rings is 1. The summed E-state index contributed by atoms with van der Waals surface area (Å²) in [5.74, 6) is 1.36. The number of nitrogens with one attached hydrogen (secondary N) is 1. The van der Waals surface area contributed by atoms with E-state index in [1.165, 1.54) is 18.5 Å². The van der Waals surface area contributed by atoms with Gasteiger partial charge in [0, 0.05) is 19.2 Å². The van der Waals surface area contributed by atoms with Crippen molar-refractivity contribution in [2.24, 2.45) is 7.05 Å². The molecular formula is C18H16FN9. The molecule has 0 radical (unpaired) electrons. The van der Waals surface area contributed by atoms with E-state index in [9.17, 15) is 9.65 Å². The molecule has 10 heteroatoms. The van der Waals surface area contributed by atoms with Gasteiger partial charge in [-0.1, -0.05) is 0 Å². The Morgan fingerprint density at radius 3 is 2.82 bits per heavy atom. The summed E-state index contributed by atoms with van der Waals surface area (Å²) in [5, 5.41) is 16.7. The molecule has 0 aliphatic carbocycles. The normalized spacial score (nSPS) is 12.1. The Balaban J connectivity index is 1.86. The maximum absolute atomic E-state index is 13.9. The molecule has 0 bridgehead atoms. The number of imidazole rings is 1.